The highest BCUT2D eigenvalue weighted by atomic mass is 16.7. The summed E-state index contributed by atoms with van der Waals surface area (Å²) in [4.78, 5) is 0. The molecule has 0 unspecified atom stereocenters. The van der Waals surface area contributed by atoms with Crippen LogP contribution in [0.5, 0.6) is 0 Å². The first-order valence-electron chi connectivity index (χ1n) is 6.24. The molecule has 0 saturated carbocycles. The highest BCUT2D eigenvalue weighted by Crippen LogP contribution is 2.49. The monoisotopic (exact) mass is 224 g/mol. The van der Waals surface area contributed by atoms with Gasteiger partial charge >= 0.3 is 0 Å². The van der Waals surface area contributed by atoms with E-state index in [4.69, 9.17) is 9.47 Å². The van der Waals surface area contributed by atoms with Crippen molar-refractivity contribution in [3.05, 3.63) is 11.8 Å². The second-order valence-corrected chi connectivity index (χ2v) is 6.83. The summed E-state index contributed by atoms with van der Waals surface area (Å²) in [5.41, 5.74) is 1.82. The predicted octanol–water partition coefficient (Wildman–Crippen LogP) is 3.87. The molecule has 16 heavy (non-hydrogen) atoms. The van der Waals surface area contributed by atoms with Gasteiger partial charge in [-0.25, -0.2) is 0 Å². The van der Waals surface area contributed by atoms with Gasteiger partial charge in [-0.15, -0.1) is 0 Å². The zero-order chi connectivity index (χ0) is 12.0. The molecule has 1 spiro atoms. The van der Waals surface area contributed by atoms with Crippen LogP contribution < -0.4 is 0 Å². The third kappa shape index (κ3) is 2.13. The fourth-order valence-electron chi connectivity index (χ4n) is 2.78. The summed E-state index contributed by atoms with van der Waals surface area (Å²) < 4.78 is 11.9. The van der Waals surface area contributed by atoms with Gasteiger partial charge in [-0.3, -0.25) is 0 Å². The molecule has 2 heterocycles. The van der Waals surface area contributed by atoms with Crippen molar-refractivity contribution in [3.63, 3.8) is 0 Å². The molecule has 1 saturated heterocycles. The third-order valence-corrected chi connectivity index (χ3v) is 4.12. The van der Waals surface area contributed by atoms with E-state index in [9.17, 15) is 0 Å². The average Bonchev–Trinajstić information content (AvgIpc) is 2.09. The maximum absolute atomic E-state index is 5.96. The Balaban J connectivity index is 2.22. The van der Waals surface area contributed by atoms with Crippen molar-refractivity contribution in [1.82, 2.24) is 0 Å². The Morgan fingerprint density at radius 2 is 1.81 bits per heavy atom. The summed E-state index contributed by atoms with van der Waals surface area (Å²) in [6, 6.07) is 0. The molecule has 2 aliphatic rings. The second kappa shape index (κ2) is 3.49. The Labute approximate surface area is 99.0 Å². The van der Waals surface area contributed by atoms with Gasteiger partial charge in [-0.1, -0.05) is 27.7 Å². The molecule has 2 aliphatic heterocycles. The zero-order valence-electron chi connectivity index (χ0n) is 11.2. The molecule has 0 radical (unpaired) electrons. The molecule has 1 atom stereocenters. The minimum atomic E-state index is -0.370. The van der Waals surface area contributed by atoms with Crippen LogP contribution in [0.25, 0.3) is 0 Å². The molecule has 1 fully saturated rings. The summed E-state index contributed by atoms with van der Waals surface area (Å²) in [6.07, 6.45) is 4.99. The van der Waals surface area contributed by atoms with Gasteiger partial charge < -0.3 is 9.47 Å². The molecule has 0 aromatic heterocycles. The van der Waals surface area contributed by atoms with Crippen LogP contribution in [0.1, 0.15) is 53.9 Å². The van der Waals surface area contributed by atoms with Gasteiger partial charge in [-0.2, -0.15) is 0 Å². The number of ether oxygens (including phenoxy) is 2. The van der Waals surface area contributed by atoms with Crippen molar-refractivity contribution in [2.75, 3.05) is 6.61 Å². The van der Waals surface area contributed by atoms with E-state index in [1.165, 1.54) is 5.57 Å². The van der Waals surface area contributed by atoms with Crippen molar-refractivity contribution in [3.8, 4) is 0 Å². The van der Waals surface area contributed by atoms with Crippen molar-refractivity contribution in [1.29, 1.82) is 0 Å². The van der Waals surface area contributed by atoms with Crippen LogP contribution in [-0.4, -0.2) is 12.4 Å². The zero-order valence-corrected chi connectivity index (χ0v) is 11.2. The molecule has 2 heteroatoms. The predicted molar refractivity (Wildman–Crippen MR) is 64.9 cm³/mol. The van der Waals surface area contributed by atoms with Crippen LogP contribution >= 0.6 is 0 Å². The molecule has 0 bridgehead atoms. The first-order valence-corrected chi connectivity index (χ1v) is 6.24. The van der Waals surface area contributed by atoms with Crippen LogP contribution in [-0.2, 0) is 9.47 Å². The Morgan fingerprint density at radius 3 is 2.38 bits per heavy atom. The van der Waals surface area contributed by atoms with Gasteiger partial charge in [0.15, 0.2) is 0 Å². The van der Waals surface area contributed by atoms with E-state index in [0.717, 1.165) is 25.9 Å². The molecule has 2 nitrogen and oxygen atoms in total. The molecule has 0 N–H and O–H groups in total. The highest BCUT2D eigenvalue weighted by molar-refractivity contribution is 5.12. The van der Waals surface area contributed by atoms with Crippen LogP contribution in [0.4, 0.5) is 0 Å². The lowest BCUT2D eigenvalue weighted by atomic mass is 9.71. The number of hydrogen-bond donors (Lipinski definition) is 0. The Hall–Kier alpha value is -0.500. The van der Waals surface area contributed by atoms with E-state index in [1.807, 2.05) is 6.26 Å². The van der Waals surface area contributed by atoms with Gasteiger partial charge in [0.1, 0.15) is 0 Å². The van der Waals surface area contributed by atoms with E-state index in [-0.39, 0.29) is 11.2 Å². The van der Waals surface area contributed by atoms with E-state index >= 15 is 0 Å². The van der Waals surface area contributed by atoms with Crippen LogP contribution in [0.15, 0.2) is 11.8 Å². The SMILES string of the molecule is CC1=CO[C@@]2(CC(C)(C)CCO2)CC1(C)C. The van der Waals surface area contributed by atoms with Crippen LogP contribution in [0.3, 0.4) is 0 Å². The summed E-state index contributed by atoms with van der Waals surface area (Å²) >= 11 is 0. The maximum atomic E-state index is 5.96. The lowest BCUT2D eigenvalue weighted by molar-refractivity contribution is -0.270. The third-order valence-electron chi connectivity index (χ3n) is 4.12. The van der Waals surface area contributed by atoms with E-state index in [0.29, 0.717) is 5.41 Å². The van der Waals surface area contributed by atoms with Crippen molar-refractivity contribution in [2.45, 2.75) is 59.7 Å². The summed E-state index contributed by atoms with van der Waals surface area (Å²) in [5, 5.41) is 0. The quantitative estimate of drug-likeness (QED) is 0.622. The smallest absolute Gasteiger partial charge is 0.210 e. The summed E-state index contributed by atoms with van der Waals surface area (Å²) in [5.74, 6) is -0.370. The fraction of sp³-hybridized carbons (Fsp3) is 0.857. The number of allylic oxidation sites excluding steroid dienone is 1. The van der Waals surface area contributed by atoms with E-state index < -0.39 is 0 Å². The van der Waals surface area contributed by atoms with Crippen LogP contribution in [0, 0.1) is 10.8 Å². The lowest BCUT2D eigenvalue weighted by Gasteiger charge is -2.49. The Morgan fingerprint density at radius 1 is 1.12 bits per heavy atom. The van der Waals surface area contributed by atoms with Gasteiger partial charge in [0.05, 0.1) is 12.9 Å². The lowest BCUT2D eigenvalue weighted by Crippen LogP contribution is -2.49. The Kier molecular flexibility index (Phi) is 2.61. The minimum absolute atomic E-state index is 0.186. The second-order valence-electron chi connectivity index (χ2n) is 6.83. The average molecular weight is 224 g/mol. The van der Waals surface area contributed by atoms with E-state index in [1.54, 1.807) is 0 Å². The summed E-state index contributed by atoms with van der Waals surface area (Å²) in [6.45, 7) is 12.1. The molecular formula is C14H24O2. The molecule has 0 aliphatic carbocycles. The maximum Gasteiger partial charge on any atom is 0.210 e. The first kappa shape index (κ1) is 12.0. The van der Waals surface area contributed by atoms with Crippen molar-refractivity contribution in [2.24, 2.45) is 10.8 Å². The topological polar surface area (TPSA) is 18.5 Å². The summed E-state index contributed by atoms with van der Waals surface area (Å²) in [7, 11) is 0. The Bertz CT molecular complexity index is 315. The normalized spacial score (nSPS) is 36.7. The van der Waals surface area contributed by atoms with Gasteiger partial charge in [0, 0.05) is 12.8 Å². The molecule has 2 rings (SSSR count). The van der Waals surface area contributed by atoms with Gasteiger partial charge in [0.2, 0.25) is 5.79 Å². The van der Waals surface area contributed by atoms with Crippen molar-refractivity contribution < 1.29 is 9.47 Å². The molecular weight excluding hydrogens is 200 g/mol. The largest absolute Gasteiger partial charge is 0.470 e. The number of hydrogen-bond acceptors (Lipinski definition) is 2. The van der Waals surface area contributed by atoms with Gasteiger partial charge in [-0.05, 0) is 29.7 Å². The van der Waals surface area contributed by atoms with E-state index in [2.05, 4.69) is 34.6 Å². The minimum Gasteiger partial charge on any atom is -0.470 e. The number of rotatable bonds is 0. The van der Waals surface area contributed by atoms with Gasteiger partial charge in [0.25, 0.3) is 0 Å². The van der Waals surface area contributed by atoms with Crippen molar-refractivity contribution >= 4 is 0 Å². The standard InChI is InChI=1S/C14H24O2/c1-11-8-16-14(10-13(11,4)5)9-12(2,3)6-7-15-14/h8H,6-7,9-10H2,1-5H3/t14-/m0/s1. The fourth-order valence-corrected chi connectivity index (χ4v) is 2.78. The van der Waals surface area contributed by atoms with Crippen LogP contribution in [0.2, 0.25) is 0 Å². The molecule has 0 amide bonds. The molecule has 92 valence electrons. The first-order chi connectivity index (χ1) is 7.25. The molecule has 0 aromatic rings. The molecule has 0 aromatic carbocycles. The highest BCUT2D eigenvalue weighted by Gasteiger charge is 2.48.